The Morgan fingerprint density at radius 3 is 1.49 bits per heavy atom. The number of piperazine rings is 2. The molecule has 13 rings (SSSR count). The molecule has 0 saturated carbocycles. The number of halogens is 5. The van der Waals surface area contributed by atoms with Gasteiger partial charge in [-0.3, -0.25) is 20.1 Å². The molecule has 8 heterocycles. The Balaban J connectivity index is 0.000000252. The van der Waals surface area contributed by atoms with Gasteiger partial charge in [-0.15, -0.1) is 15.3 Å². The van der Waals surface area contributed by atoms with Crippen LogP contribution in [0.3, 0.4) is 0 Å². The molecule has 2 amide bonds. The molecule has 2 fully saturated rings. The number of fused-ring (bicyclic) bond motifs is 9. The highest BCUT2D eigenvalue weighted by Gasteiger charge is 2.21. The molecule has 0 spiro atoms. The summed E-state index contributed by atoms with van der Waals surface area (Å²) in [5, 5.41) is 35.9. The van der Waals surface area contributed by atoms with Crippen LogP contribution in [0.2, 0.25) is 5.28 Å². The lowest BCUT2D eigenvalue weighted by Gasteiger charge is -2.33. The molecule has 2 aliphatic rings. The number of aromatic nitrogens is 12. The lowest BCUT2D eigenvalue weighted by molar-refractivity contribution is -0.119. The molecule has 5 aromatic carbocycles. The lowest BCUT2D eigenvalue weighted by Crippen LogP contribution is -2.45. The van der Waals surface area contributed by atoms with Crippen molar-refractivity contribution in [3.8, 4) is 12.1 Å². The van der Waals surface area contributed by atoms with Crippen molar-refractivity contribution in [2.45, 2.75) is 69.7 Å². The maximum atomic E-state index is 11.7. The van der Waals surface area contributed by atoms with Crippen LogP contribution < -0.4 is 38.2 Å². The number of nitrogens with two attached hydrogens (primary N) is 2. The largest absolute Gasteiger partial charge is 0.457 e. The first-order valence-corrected chi connectivity index (χ1v) is 35.6. The van der Waals surface area contributed by atoms with E-state index in [1.165, 1.54) is 49.9 Å². The Morgan fingerprint density at radius 1 is 0.604 bits per heavy atom. The van der Waals surface area contributed by atoms with Crippen LogP contribution >= 0.6 is 62.1 Å². The summed E-state index contributed by atoms with van der Waals surface area (Å²) in [6.45, 7) is 25.6. The summed E-state index contributed by atoms with van der Waals surface area (Å²) >= 11 is 24.5. The molecule has 0 unspecified atom stereocenters. The molecule has 6 aromatic heterocycles. The third-order valence-corrected chi connectivity index (χ3v) is 14.5. The molecule has 0 aliphatic carbocycles. The van der Waals surface area contributed by atoms with E-state index in [2.05, 4.69) is 165 Å². The second kappa shape index (κ2) is 40.2. The number of likely N-dealkylation sites (N-methyl/N-ethyl adjacent to an activating group) is 2. The van der Waals surface area contributed by atoms with Crippen molar-refractivity contribution in [1.29, 1.82) is 10.5 Å². The van der Waals surface area contributed by atoms with Crippen LogP contribution in [0.5, 0.6) is 0 Å². The molecule has 0 bridgehead atoms. The standard InChI is InChI=1S/C16H20N6.C11H9ClN4.C11H10N4O.C10H10N2O2.C8H8N2.C5H12N2.C2H3ClO2.C2H6N2O.CH4.Cl3OP/c1-11-4-5-14-13(10-11)15-17-12(2)19-22(15)16(18-14)21-8-6-20(3)7-9-21;1-6-3-4-9-8(5-6)10-13-7(2)15-16(10)11(12)14-9;1-6-3-4-9-8(5-6)10-12-7(2)14-15(10)11(16)13-9;1-7-3-4-9(8(5-7)6-11)12-10(13)14-2;1-6-2-3-8(10)7(4-6)5-9;1-7-4-2-6-3-5-7;1-5-2(3)4;1-2(5)4-3;;1-5(2,3)4/h4-5,10H,6-9H2,1-3H3;3-5H,1-2H3;3-5H,1-2H3,(H,13,16);3-5H,1-2H3,(H,12,13);2-4H,10H2,1H3;6H,2-5H2,1H3;1H3;3H2,1H3,(H,4,5);1H4;. The van der Waals surface area contributed by atoms with Crippen molar-refractivity contribution < 1.29 is 28.4 Å². The zero-order valence-corrected chi connectivity index (χ0v) is 62.0. The van der Waals surface area contributed by atoms with Crippen molar-refractivity contribution in [3.05, 3.63) is 163 Å². The molecule has 29 nitrogen and oxygen atoms in total. The third kappa shape index (κ3) is 26.6. The van der Waals surface area contributed by atoms with E-state index in [-0.39, 0.29) is 19.0 Å². The summed E-state index contributed by atoms with van der Waals surface area (Å²) in [4.78, 5) is 73.7. The van der Waals surface area contributed by atoms with Crippen LogP contribution in [0.25, 0.3) is 49.7 Å². The molecule has 2 aliphatic heterocycles. The Bertz CT molecular complexity index is 4820. The SMILES string of the molecule is C.CC(=O)NN.CN1CCNCC1.COC(=O)Cl.COC(=O)Nc1ccc(C)cc1C#N.Cc1ccc(N)c(C#N)c1.Cc1ccc2[nH]c(=O)n3nc(C)nc3c2c1.Cc1ccc2nc(Cl)n3nc(C)nc3c2c1.Cc1ccc2nc(N3CCN(C)CC3)n3nc(C)nc3c2c1.O=P(Cl)(Cl)Cl. The minimum absolute atomic E-state index is 0. The number of nitrogens with zero attached hydrogens (tertiary/aromatic N) is 16. The molecular weight excluding hydrogens is 1420 g/mol. The Labute approximate surface area is 608 Å². The monoisotopic (exact) mass is 1500 g/mol. The number of aryl methyl sites for hydroxylation is 8. The first-order valence-electron chi connectivity index (χ1n) is 30.4. The smallest absolute Gasteiger partial charge is 0.411 e. The number of ether oxygens (including phenoxy) is 2. The fourth-order valence-corrected chi connectivity index (χ4v) is 9.44. The molecule has 101 heavy (non-hydrogen) atoms. The van der Waals surface area contributed by atoms with E-state index in [1.807, 2.05) is 112 Å². The summed E-state index contributed by atoms with van der Waals surface area (Å²) in [6.07, 6.45) is -0.578. The molecular formula is C66H82Cl5N22O7P. The number of nitrogens with one attached hydrogen (secondary N) is 4. The Morgan fingerprint density at radius 2 is 1.02 bits per heavy atom. The molecule has 538 valence electrons. The zero-order chi connectivity index (χ0) is 74.1. The quantitative estimate of drug-likeness (QED) is 0.0178. The molecule has 8 N–H and O–H groups in total. The van der Waals surface area contributed by atoms with Gasteiger partial charge in [-0.2, -0.15) is 24.1 Å². The number of nitriles is 2. The number of benzene rings is 5. The number of rotatable bonds is 2. The zero-order valence-electron chi connectivity index (χ0n) is 57.3. The van der Waals surface area contributed by atoms with Gasteiger partial charge in [0.15, 0.2) is 16.9 Å². The average molecular weight is 1500 g/mol. The van der Waals surface area contributed by atoms with Crippen LogP contribution in [0.4, 0.5) is 26.9 Å². The highest BCUT2D eigenvalue weighted by molar-refractivity contribution is 8.24. The number of amides is 2. The molecule has 11 aromatic rings. The predicted octanol–water partition coefficient (Wildman–Crippen LogP) is 11.8. The van der Waals surface area contributed by atoms with Gasteiger partial charge in [0, 0.05) is 92.7 Å². The van der Waals surface area contributed by atoms with E-state index in [0.29, 0.717) is 45.1 Å². The van der Waals surface area contributed by atoms with Gasteiger partial charge in [0.05, 0.1) is 47.6 Å². The predicted molar refractivity (Wildman–Crippen MR) is 402 cm³/mol. The number of hydrogen-bond donors (Lipinski definition) is 6. The fourth-order valence-electron chi connectivity index (χ4n) is 9.23. The highest BCUT2D eigenvalue weighted by Crippen LogP contribution is 2.61. The number of nitrogen functional groups attached to an aromatic ring is 1. The number of H-pyrrole nitrogens is 1. The van der Waals surface area contributed by atoms with Crippen LogP contribution in [-0.2, 0) is 18.8 Å². The summed E-state index contributed by atoms with van der Waals surface area (Å²) in [5.74, 6) is 7.33. The van der Waals surface area contributed by atoms with Crippen molar-refractivity contribution >= 4 is 147 Å². The van der Waals surface area contributed by atoms with Crippen LogP contribution in [0, 0.1) is 78.1 Å². The van der Waals surface area contributed by atoms with Gasteiger partial charge in [-0.05, 0) is 187 Å². The summed E-state index contributed by atoms with van der Waals surface area (Å²) in [7, 11) is 6.80. The van der Waals surface area contributed by atoms with Crippen LogP contribution in [0.1, 0.15) is 70.8 Å². The van der Waals surface area contributed by atoms with Gasteiger partial charge >= 0.3 is 22.4 Å². The molecule has 0 atom stereocenters. The summed E-state index contributed by atoms with van der Waals surface area (Å²) in [6, 6.07) is 32.7. The maximum Gasteiger partial charge on any atom is 0.411 e. The van der Waals surface area contributed by atoms with Gasteiger partial charge < -0.3 is 40.2 Å². The van der Waals surface area contributed by atoms with E-state index in [4.69, 9.17) is 32.8 Å². The Kier molecular flexibility index (Phi) is 33.4. The first kappa shape index (κ1) is 84.1. The van der Waals surface area contributed by atoms with Crippen LogP contribution in [-0.4, -0.2) is 167 Å². The molecule has 35 heteroatoms. The van der Waals surface area contributed by atoms with Gasteiger partial charge in [-0.1, -0.05) is 54.4 Å². The number of anilines is 3. The average Bonchev–Trinajstić information content (AvgIpc) is 1.70. The van der Waals surface area contributed by atoms with Crippen molar-refractivity contribution in [1.82, 2.24) is 79.3 Å². The fraction of sp³-hybridized carbons (Fsp3) is 0.333. The van der Waals surface area contributed by atoms with E-state index < -0.39 is 16.7 Å². The molecule has 0 radical (unpaired) electrons. The van der Waals surface area contributed by atoms with E-state index in [0.717, 1.165) is 112 Å². The minimum Gasteiger partial charge on any atom is -0.457 e. The van der Waals surface area contributed by atoms with Crippen LogP contribution in [0.15, 0.2) is 95.8 Å². The molecule has 2 saturated heterocycles. The van der Waals surface area contributed by atoms with Gasteiger partial charge in [-0.25, -0.2) is 45.1 Å². The number of aromatic amines is 1. The van der Waals surface area contributed by atoms with Gasteiger partial charge in [0.1, 0.15) is 29.6 Å². The maximum absolute atomic E-state index is 11.7. The topological polar surface area (TPSA) is 381 Å². The van der Waals surface area contributed by atoms with Crippen molar-refractivity contribution in [2.24, 2.45) is 5.84 Å². The highest BCUT2D eigenvalue weighted by atomic mass is 36.0. The van der Waals surface area contributed by atoms with E-state index in [9.17, 15) is 23.7 Å². The van der Waals surface area contributed by atoms with E-state index >= 15 is 0 Å². The number of carbonyl (C=O) groups is 3. The van der Waals surface area contributed by atoms with Crippen molar-refractivity contribution in [3.63, 3.8) is 0 Å². The number of carbonyl (C=O) groups excluding carboxylic acids is 3. The first-order chi connectivity index (χ1) is 47.2. The summed E-state index contributed by atoms with van der Waals surface area (Å²) in [5.41, 5.74) is 18.8. The lowest BCUT2D eigenvalue weighted by atomic mass is 10.1. The number of hydrazine groups is 1. The summed E-state index contributed by atoms with van der Waals surface area (Å²) < 4.78 is 22.6. The number of methoxy groups -OCH3 is 2. The van der Waals surface area contributed by atoms with E-state index in [1.54, 1.807) is 35.7 Å². The second-order valence-electron chi connectivity index (χ2n) is 22.4. The minimum atomic E-state index is -3.22. The Hall–Kier alpha value is -9.36. The number of hydrogen-bond acceptors (Lipinski definition) is 23. The van der Waals surface area contributed by atoms with Gasteiger partial charge in [0.2, 0.25) is 17.1 Å². The van der Waals surface area contributed by atoms with Gasteiger partial charge in [0.25, 0.3) is 0 Å². The second-order valence-corrected chi connectivity index (χ2v) is 29.6. The normalized spacial score (nSPS) is 12.4. The third-order valence-electron chi connectivity index (χ3n) is 14.1. The van der Waals surface area contributed by atoms with Crippen molar-refractivity contribution in [2.75, 3.05) is 96.6 Å².